The molecule has 2 rings (SSSR count). The van der Waals surface area contributed by atoms with E-state index in [0.717, 1.165) is 51.4 Å². The van der Waals surface area contributed by atoms with Crippen LogP contribution in [0.25, 0.3) is 0 Å². The van der Waals surface area contributed by atoms with E-state index in [-0.39, 0.29) is 26.1 Å². The highest BCUT2D eigenvalue weighted by Crippen LogP contribution is 2.27. The summed E-state index contributed by atoms with van der Waals surface area (Å²) in [5, 5.41) is 72.2. The van der Waals surface area contributed by atoms with Crippen LogP contribution in [0.2, 0.25) is 0 Å². The zero-order chi connectivity index (χ0) is 51.7. The van der Waals surface area contributed by atoms with Gasteiger partial charge in [0.15, 0.2) is 18.7 Å². The molecule has 0 radical (unpaired) electrons. The molecule has 2 saturated heterocycles. The monoisotopic (exact) mass is 1020 g/mol. The Morgan fingerprint density at radius 1 is 0.437 bits per heavy atom. The summed E-state index contributed by atoms with van der Waals surface area (Å²) in [5.41, 5.74) is 0. The molecule has 4 unspecified atom stereocenters. The molecule has 0 aromatic rings. The Balaban J connectivity index is 1.76. The predicted octanol–water partition coefficient (Wildman–Crippen LogP) is 9.33. The molecule has 71 heavy (non-hydrogen) atoms. The van der Waals surface area contributed by atoms with E-state index in [1.165, 1.54) is 148 Å². The van der Waals surface area contributed by atoms with Crippen LogP contribution in [-0.4, -0.2) is 142 Å². The fraction of sp³-hybridized carbons (Fsp3) is 0.929. The van der Waals surface area contributed by atoms with Crippen molar-refractivity contribution in [3.8, 4) is 0 Å². The van der Waals surface area contributed by atoms with Gasteiger partial charge in [-0.25, -0.2) is 0 Å². The molecule has 0 bridgehead atoms. The van der Waals surface area contributed by atoms with E-state index in [9.17, 15) is 45.3 Å². The number of carbonyl (C=O) groups excluding carboxylic acids is 2. The van der Waals surface area contributed by atoms with Crippen LogP contribution in [-0.2, 0) is 38.0 Å². The SMILES string of the molecule is CCCCCCCC/C=C/CCCCCCCCCC(=O)O[C@@H](COC(=O)CCCCCCCCCCCCCCCCCCCC)CO[C@@H]1O[C@H](CO[C@@H]2O[C@H](CO)[C@H](O)C(O)C2O)[C@H](O)C(O)C1O. The number of hydrogen-bond donors (Lipinski definition) is 7. The Morgan fingerprint density at radius 3 is 1.24 bits per heavy atom. The van der Waals surface area contributed by atoms with Gasteiger partial charge in [0.1, 0.15) is 55.4 Å². The molecule has 0 spiro atoms. The summed E-state index contributed by atoms with van der Waals surface area (Å²) < 4.78 is 33.7. The van der Waals surface area contributed by atoms with Gasteiger partial charge in [-0.05, 0) is 38.5 Å². The average molecular weight is 1020 g/mol. The molecule has 0 aromatic carbocycles. The molecule has 0 aliphatic carbocycles. The minimum absolute atomic E-state index is 0.165. The number of hydrogen-bond acceptors (Lipinski definition) is 15. The molecule has 2 aliphatic heterocycles. The number of esters is 2. The molecule has 15 heteroatoms. The molecule has 15 nitrogen and oxygen atoms in total. The zero-order valence-corrected chi connectivity index (χ0v) is 44.5. The van der Waals surface area contributed by atoms with Crippen molar-refractivity contribution in [3.05, 3.63) is 12.2 Å². The molecule has 0 saturated carbocycles. The summed E-state index contributed by atoms with van der Waals surface area (Å²) in [4.78, 5) is 25.9. The average Bonchev–Trinajstić information content (AvgIpc) is 3.36. The molecule has 0 aromatic heterocycles. The number of ether oxygens (including phenoxy) is 6. The van der Waals surface area contributed by atoms with Crippen molar-refractivity contribution in [2.45, 2.75) is 306 Å². The highest BCUT2D eigenvalue weighted by Gasteiger charge is 2.47. The quantitative estimate of drug-likeness (QED) is 0.0171. The van der Waals surface area contributed by atoms with Crippen LogP contribution in [0.15, 0.2) is 12.2 Å². The second kappa shape index (κ2) is 43.5. The summed E-state index contributed by atoms with van der Waals surface area (Å²) >= 11 is 0. The van der Waals surface area contributed by atoms with Crippen molar-refractivity contribution in [1.29, 1.82) is 0 Å². The van der Waals surface area contributed by atoms with Gasteiger partial charge in [0.2, 0.25) is 0 Å². The summed E-state index contributed by atoms with van der Waals surface area (Å²) in [6, 6.07) is 0. The number of carbonyl (C=O) groups is 2. The van der Waals surface area contributed by atoms with Gasteiger partial charge in [-0.1, -0.05) is 199 Å². The van der Waals surface area contributed by atoms with E-state index in [0.29, 0.717) is 12.8 Å². The number of rotatable bonds is 46. The number of unbranched alkanes of at least 4 members (excludes halogenated alkanes) is 30. The van der Waals surface area contributed by atoms with E-state index in [1.54, 1.807) is 0 Å². The highest BCUT2D eigenvalue weighted by atomic mass is 16.7. The normalized spacial score (nSPS) is 25.2. The summed E-state index contributed by atoms with van der Waals surface area (Å²) in [6.07, 6.45) is 28.0. The first-order chi connectivity index (χ1) is 34.5. The predicted molar refractivity (Wildman–Crippen MR) is 275 cm³/mol. The van der Waals surface area contributed by atoms with Crippen LogP contribution >= 0.6 is 0 Å². The summed E-state index contributed by atoms with van der Waals surface area (Å²) in [5.74, 6) is -0.915. The largest absolute Gasteiger partial charge is 0.462 e. The molecular formula is C56H104O15. The van der Waals surface area contributed by atoms with Crippen LogP contribution in [0.5, 0.6) is 0 Å². The van der Waals surface area contributed by atoms with Crippen molar-refractivity contribution >= 4 is 11.9 Å². The van der Waals surface area contributed by atoms with Crippen molar-refractivity contribution in [2.75, 3.05) is 26.4 Å². The lowest BCUT2D eigenvalue weighted by molar-refractivity contribution is -0.332. The second-order valence-corrected chi connectivity index (χ2v) is 20.5. The fourth-order valence-electron chi connectivity index (χ4n) is 9.27. The third kappa shape index (κ3) is 31.0. The molecule has 2 aliphatic rings. The van der Waals surface area contributed by atoms with Gasteiger partial charge in [-0.3, -0.25) is 9.59 Å². The van der Waals surface area contributed by atoms with Gasteiger partial charge in [0, 0.05) is 12.8 Å². The maximum atomic E-state index is 13.0. The summed E-state index contributed by atoms with van der Waals surface area (Å²) in [7, 11) is 0. The molecule has 11 atom stereocenters. The van der Waals surface area contributed by atoms with Crippen LogP contribution in [0.1, 0.15) is 239 Å². The van der Waals surface area contributed by atoms with E-state index in [4.69, 9.17) is 28.4 Å². The van der Waals surface area contributed by atoms with Crippen molar-refractivity contribution in [3.63, 3.8) is 0 Å². The van der Waals surface area contributed by atoms with E-state index in [1.807, 2.05) is 0 Å². The topological polar surface area (TPSA) is 231 Å². The minimum atomic E-state index is -1.76. The summed E-state index contributed by atoms with van der Waals surface area (Å²) in [6.45, 7) is 2.63. The van der Waals surface area contributed by atoms with E-state index < -0.39 is 92.7 Å². The van der Waals surface area contributed by atoms with Gasteiger partial charge in [0.05, 0.1) is 19.8 Å². The maximum absolute atomic E-state index is 13.0. The number of allylic oxidation sites excluding steroid dienone is 2. The number of aliphatic hydroxyl groups excluding tert-OH is 7. The van der Waals surface area contributed by atoms with Gasteiger partial charge in [-0.15, -0.1) is 0 Å². The fourth-order valence-corrected chi connectivity index (χ4v) is 9.27. The lowest BCUT2D eigenvalue weighted by Crippen LogP contribution is -2.61. The smallest absolute Gasteiger partial charge is 0.306 e. The van der Waals surface area contributed by atoms with Gasteiger partial charge < -0.3 is 64.2 Å². The maximum Gasteiger partial charge on any atom is 0.306 e. The van der Waals surface area contributed by atoms with Crippen molar-refractivity contribution in [2.24, 2.45) is 0 Å². The Hall–Kier alpha value is -1.76. The first-order valence-electron chi connectivity index (χ1n) is 28.8. The molecule has 2 heterocycles. The molecule has 418 valence electrons. The Labute approximate surface area is 429 Å². The third-order valence-corrected chi connectivity index (χ3v) is 14.0. The second-order valence-electron chi connectivity index (χ2n) is 20.5. The van der Waals surface area contributed by atoms with E-state index in [2.05, 4.69) is 26.0 Å². The lowest BCUT2D eigenvalue weighted by Gasteiger charge is -2.42. The van der Waals surface area contributed by atoms with Crippen LogP contribution in [0, 0.1) is 0 Å². The van der Waals surface area contributed by atoms with Gasteiger partial charge in [0.25, 0.3) is 0 Å². The first kappa shape index (κ1) is 65.4. The third-order valence-electron chi connectivity index (χ3n) is 14.0. The Kier molecular flexibility index (Phi) is 40.0. The highest BCUT2D eigenvalue weighted by molar-refractivity contribution is 5.70. The molecule has 2 fully saturated rings. The van der Waals surface area contributed by atoms with Crippen LogP contribution in [0.4, 0.5) is 0 Å². The van der Waals surface area contributed by atoms with Gasteiger partial charge in [-0.2, -0.15) is 0 Å². The van der Waals surface area contributed by atoms with Crippen molar-refractivity contribution < 1.29 is 73.8 Å². The Morgan fingerprint density at radius 2 is 0.803 bits per heavy atom. The number of aliphatic hydroxyl groups is 7. The van der Waals surface area contributed by atoms with E-state index >= 15 is 0 Å². The Bertz CT molecular complexity index is 1290. The minimum Gasteiger partial charge on any atom is -0.462 e. The van der Waals surface area contributed by atoms with Gasteiger partial charge >= 0.3 is 11.9 Å². The zero-order valence-electron chi connectivity index (χ0n) is 44.5. The molecule has 0 amide bonds. The van der Waals surface area contributed by atoms with Crippen LogP contribution < -0.4 is 0 Å². The molecule has 7 N–H and O–H groups in total. The van der Waals surface area contributed by atoms with Crippen molar-refractivity contribution in [1.82, 2.24) is 0 Å². The first-order valence-corrected chi connectivity index (χ1v) is 28.8. The lowest BCUT2D eigenvalue weighted by atomic mass is 9.98. The van der Waals surface area contributed by atoms with Crippen LogP contribution in [0.3, 0.4) is 0 Å². The standard InChI is InChI=1S/C56H104O15/c1-3-5-7-9-11-13-15-17-19-21-23-24-26-28-30-32-34-36-38-47(58)66-41-44(69-48(59)39-37-35-33-31-29-27-25-22-20-18-16-14-12-10-8-6-4-2)42-67-55-54(65)52(63)50(61)46(71-55)43-68-56-53(64)51(62)49(60)45(40-57)70-56/h18,20,44-46,49-57,60-65H,3-17,19,21-43H2,1-2H3/b20-18+/t44-,45+,46+,49-,50-,51?,52?,53?,54?,55+,56+/m0/s1. The molecular weight excluding hydrogens is 913 g/mol.